The molecule has 2 fully saturated rings. The maximum Gasteiger partial charge on any atom is 0.124 e. The first-order chi connectivity index (χ1) is 10.2. The van der Waals surface area contributed by atoms with Crippen molar-refractivity contribution in [2.75, 3.05) is 13.7 Å². The molecule has 116 valence electrons. The molecule has 0 amide bonds. The SMILES string of the molecule is CNC(C)c1ccccc1OC1CCOC2(CCCC2)C1. The molecule has 2 aliphatic rings. The Morgan fingerprint density at radius 2 is 2.05 bits per heavy atom. The van der Waals surface area contributed by atoms with Gasteiger partial charge in [-0.1, -0.05) is 31.0 Å². The van der Waals surface area contributed by atoms with Crippen LogP contribution in [0.5, 0.6) is 5.75 Å². The van der Waals surface area contributed by atoms with Crippen LogP contribution in [0.1, 0.15) is 57.1 Å². The summed E-state index contributed by atoms with van der Waals surface area (Å²) < 4.78 is 12.5. The van der Waals surface area contributed by atoms with Crippen molar-refractivity contribution < 1.29 is 9.47 Å². The lowest BCUT2D eigenvalue weighted by molar-refractivity contribution is -0.108. The Hall–Kier alpha value is -1.06. The second-order valence-corrected chi connectivity index (χ2v) is 6.52. The summed E-state index contributed by atoms with van der Waals surface area (Å²) >= 11 is 0. The molecule has 3 rings (SSSR count). The lowest BCUT2D eigenvalue weighted by atomic mass is 9.90. The number of ether oxygens (including phenoxy) is 2. The fourth-order valence-corrected chi connectivity index (χ4v) is 3.73. The van der Waals surface area contributed by atoms with E-state index in [0.717, 1.165) is 25.2 Å². The smallest absolute Gasteiger partial charge is 0.124 e. The maximum absolute atomic E-state index is 6.38. The molecule has 0 radical (unpaired) electrons. The monoisotopic (exact) mass is 289 g/mol. The number of nitrogens with one attached hydrogen (secondary N) is 1. The Balaban J connectivity index is 1.71. The van der Waals surface area contributed by atoms with Crippen molar-refractivity contribution >= 4 is 0 Å². The summed E-state index contributed by atoms with van der Waals surface area (Å²) in [4.78, 5) is 0. The first-order valence-electron chi connectivity index (χ1n) is 8.29. The van der Waals surface area contributed by atoms with Gasteiger partial charge in [-0.25, -0.2) is 0 Å². The molecule has 1 aromatic carbocycles. The molecule has 3 heteroatoms. The standard InChI is InChI=1S/C18H27NO2/c1-14(19-2)16-7-3-4-8-17(16)21-15-9-12-20-18(13-15)10-5-6-11-18/h3-4,7-8,14-15,19H,5-6,9-13H2,1-2H3. The van der Waals surface area contributed by atoms with E-state index < -0.39 is 0 Å². The average molecular weight is 289 g/mol. The number of para-hydroxylation sites is 1. The Kier molecular flexibility index (Phi) is 4.51. The van der Waals surface area contributed by atoms with Crippen molar-refractivity contribution in [1.82, 2.24) is 5.32 Å². The van der Waals surface area contributed by atoms with Crippen molar-refractivity contribution in [3.05, 3.63) is 29.8 Å². The van der Waals surface area contributed by atoms with Gasteiger partial charge in [0.15, 0.2) is 0 Å². The zero-order chi connectivity index (χ0) is 14.7. The van der Waals surface area contributed by atoms with Gasteiger partial charge in [-0.05, 0) is 32.9 Å². The van der Waals surface area contributed by atoms with Crippen LogP contribution >= 0.6 is 0 Å². The third-order valence-electron chi connectivity index (χ3n) is 5.07. The molecule has 1 saturated carbocycles. The van der Waals surface area contributed by atoms with E-state index in [1.54, 1.807) is 0 Å². The highest BCUT2D eigenvalue weighted by atomic mass is 16.5. The molecule has 1 spiro atoms. The molecule has 3 nitrogen and oxygen atoms in total. The first-order valence-corrected chi connectivity index (χ1v) is 8.29. The van der Waals surface area contributed by atoms with Gasteiger partial charge in [0.05, 0.1) is 12.2 Å². The molecular weight excluding hydrogens is 262 g/mol. The van der Waals surface area contributed by atoms with Crippen LogP contribution in [0.3, 0.4) is 0 Å². The zero-order valence-electron chi connectivity index (χ0n) is 13.2. The first kappa shape index (κ1) is 14.9. The molecular formula is C18H27NO2. The van der Waals surface area contributed by atoms with Crippen LogP contribution in [0.25, 0.3) is 0 Å². The van der Waals surface area contributed by atoms with E-state index in [1.165, 1.54) is 31.2 Å². The van der Waals surface area contributed by atoms with Crippen LogP contribution in [-0.4, -0.2) is 25.4 Å². The van der Waals surface area contributed by atoms with Gasteiger partial charge in [-0.2, -0.15) is 0 Å². The normalized spacial score (nSPS) is 25.9. The lowest BCUT2D eigenvalue weighted by Gasteiger charge is -2.38. The highest BCUT2D eigenvalue weighted by Gasteiger charge is 2.40. The van der Waals surface area contributed by atoms with Gasteiger partial charge in [-0.3, -0.25) is 0 Å². The Morgan fingerprint density at radius 1 is 1.29 bits per heavy atom. The summed E-state index contributed by atoms with van der Waals surface area (Å²) in [7, 11) is 1.99. The van der Waals surface area contributed by atoms with Crippen LogP contribution in [0, 0.1) is 0 Å². The Morgan fingerprint density at radius 3 is 2.81 bits per heavy atom. The highest BCUT2D eigenvalue weighted by molar-refractivity contribution is 5.35. The van der Waals surface area contributed by atoms with Crippen molar-refractivity contribution in [3.63, 3.8) is 0 Å². The number of rotatable bonds is 4. The predicted octanol–water partition coefficient (Wildman–Crippen LogP) is 3.84. The minimum atomic E-state index is 0.118. The Bertz CT molecular complexity index is 468. The van der Waals surface area contributed by atoms with Gasteiger partial charge >= 0.3 is 0 Å². The second-order valence-electron chi connectivity index (χ2n) is 6.52. The van der Waals surface area contributed by atoms with Gasteiger partial charge in [0, 0.05) is 24.4 Å². The summed E-state index contributed by atoms with van der Waals surface area (Å²) in [5, 5.41) is 3.30. The molecule has 1 aromatic rings. The lowest BCUT2D eigenvalue weighted by Crippen LogP contribution is -2.41. The summed E-state index contributed by atoms with van der Waals surface area (Å²) in [5.74, 6) is 1.03. The highest BCUT2D eigenvalue weighted by Crippen LogP contribution is 2.41. The van der Waals surface area contributed by atoms with Crippen LogP contribution in [0.4, 0.5) is 0 Å². The summed E-state index contributed by atoms with van der Waals surface area (Å²) in [6.45, 7) is 3.01. The van der Waals surface area contributed by atoms with Gasteiger partial charge in [0.2, 0.25) is 0 Å². The van der Waals surface area contributed by atoms with E-state index in [9.17, 15) is 0 Å². The summed E-state index contributed by atoms with van der Waals surface area (Å²) in [6.07, 6.45) is 7.38. The number of benzene rings is 1. The number of hydrogen-bond acceptors (Lipinski definition) is 3. The van der Waals surface area contributed by atoms with Crippen LogP contribution < -0.4 is 10.1 Å². The minimum absolute atomic E-state index is 0.118. The topological polar surface area (TPSA) is 30.5 Å². The fourth-order valence-electron chi connectivity index (χ4n) is 3.73. The molecule has 1 aliphatic heterocycles. The summed E-state index contributed by atoms with van der Waals surface area (Å²) in [6, 6.07) is 8.70. The fraction of sp³-hybridized carbons (Fsp3) is 0.667. The number of hydrogen-bond donors (Lipinski definition) is 1. The van der Waals surface area contributed by atoms with E-state index in [-0.39, 0.29) is 5.60 Å². The van der Waals surface area contributed by atoms with Crippen molar-refractivity contribution in [1.29, 1.82) is 0 Å². The van der Waals surface area contributed by atoms with E-state index in [2.05, 4.69) is 36.5 Å². The van der Waals surface area contributed by atoms with E-state index in [1.807, 2.05) is 7.05 Å². The second kappa shape index (κ2) is 6.37. The molecule has 21 heavy (non-hydrogen) atoms. The Labute approximate surface area is 128 Å². The van der Waals surface area contributed by atoms with Crippen molar-refractivity contribution in [2.24, 2.45) is 0 Å². The van der Waals surface area contributed by atoms with Crippen LogP contribution in [0.15, 0.2) is 24.3 Å². The summed E-state index contributed by atoms with van der Waals surface area (Å²) in [5.41, 5.74) is 1.36. The molecule has 2 unspecified atom stereocenters. The molecule has 1 N–H and O–H groups in total. The molecule has 0 bridgehead atoms. The van der Waals surface area contributed by atoms with E-state index in [0.29, 0.717) is 12.1 Å². The van der Waals surface area contributed by atoms with E-state index >= 15 is 0 Å². The molecule has 1 heterocycles. The van der Waals surface area contributed by atoms with Gasteiger partial charge in [-0.15, -0.1) is 0 Å². The average Bonchev–Trinajstić information content (AvgIpc) is 2.95. The molecule has 2 atom stereocenters. The van der Waals surface area contributed by atoms with Gasteiger partial charge in [0.1, 0.15) is 11.9 Å². The zero-order valence-corrected chi connectivity index (χ0v) is 13.2. The van der Waals surface area contributed by atoms with Crippen LogP contribution in [-0.2, 0) is 4.74 Å². The predicted molar refractivity (Wildman–Crippen MR) is 84.7 cm³/mol. The third kappa shape index (κ3) is 3.24. The largest absolute Gasteiger partial charge is 0.490 e. The maximum atomic E-state index is 6.38. The van der Waals surface area contributed by atoms with Gasteiger partial charge < -0.3 is 14.8 Å². The van der Waals surface area contributed by atoms with E-state index in [4.69, 9.17) is 9.47 Å². The molecule has 0 aromatic heterocycles. The molecule has 1 saturated heterocycles. The minimum Gasteiger partial charge on any atom is -0.490 e. The van der Waals surface area contributed by atoms with Crippen LogP contribution in [0.2, 0.25) is 0 Å². The van der Waals surface area contributed by atoms with Gasteiger partial charge in [0.25, 0.3) is 0 Å². The van der Waals surface area contributed by atoms with Crippen molar-refractivity contribution in [2.45, 2.75) is 63.2 Å². The molecule has 1 aliphatic carbocycles. The van der Waals surface area contributed by atoms with Crippen molar-refractivity contribution in [3.8, 4) is 5.75 Å². The third-order valence-corrected chi connectivity index (χ3v) is 5.07. The quantitative estimate of drug-likeness (QED) is 0.913.